The number of ether oxygens (including phenoxy) is 1. The van der Waals surface area contributed by atoms with Crippen molar-refractivity contribution in [3.63, 3.8) is 0 Å². The van der Waals surface area contributed by atoms with Crippen molar-refractivity contribution in [2.75, 3.05) is 0 Å². The van der Waals surface area contributed by atoms with Crippen LogP contribution in [0.25, 0.3) is 0 Å². The summed E-state index contributed by atoms with van der Waals surface area (Å²) in [5.74, 6) is 0.846. The minimum atomic E-state index is 0.124. The van der Waals surface area contributed by atoms with E-state index < -0.39 is 0 Å². The lowest BCUT2D eigenvalue weighted by Crippen LogP contribution is -2.19. The Bertz CT molecular complexity index is 372. The van der Waals surface area contributed by atoms with Gasteiger partial charge in [-0.1, -0.05) is 23.7 Å². The van der Waals surface area contributed by atoms with Gasteiger partial charge in [-0.3, -0.25) is 0 Å². The van der Waals surface area contributed by atoms with E-state index in [-0.39, 0.29) is 6.04 Å². The second kappa shape index (κ2) is 5.74. The number of para-hydroxylation sites is 1. The highest BCUT2D eigenvalue weighted by molar-refractivity contribution is 6.32. The molecule has 0 amide bonds. The summed E-state index contributed by atoms with van der Waals surface area (Å²) >= 11 is 6.23. The summed E-state index contributed by atoms with van der Waals surface area (Å²) in [4.78, 5) is 0. The molecule has 2 nitrogen and oxygen atoms in total. The SMILES string of the molecule is CC(N)Cc1cccc(Cl)c1OC1CCCC1. The van der Waals surface area contributed by atoms with Gasteiger partial charge >= 0.3 is 0 Å². The van der Waals surface area contributed by atoms with Gasteiger partial charge in [0.1, 0.15) is 5.75 Å². The molecule has 0 heterocycles. The maximum absolute atomic E-state index is 6.23. The fourth-order valence-corrected chi connectivity index (χ4v) is 2.60. The van der Waals surface area contributed by atoms with Crippen LogP contribution in [0.1, 0.15) is 38.2 Å². The van der Waals surface area contributed by atoms with Crippen LogP contribution < -0.4 is 10.5 Å². The minimum absolute atomic E-state index is 0.124. The van der Waals surface area contributed by atoms with Crippen LogP contribution in [0.5, 0.6) is 5.75 Å². The summed E-state index contributed by atoms with van der Waals surface area (Å²) in [5.41, 5.74) is 6.98. The highest BCUT2D eigenvalue weighted by Crippen LogP contribution is 2.33. The second-order valence-corrected chi connectivity index (χ2v) is 5.34. The Balaban J connectivity index is 2.17. The first-order valence-corrected chi connectivity index (χ1v) is 6.74. The quantitative estimate of drug-likeness (QED) is 0.891. The number of halogens is 1. The predicted octanol–water partition coefficient (Wildman–Crippen LogP) is 3.55. The summed E-state index contributed by atoms with van der Waals surface area (Å²) in [6.45, 7) is 2.00. The monoisotopic (exact) mass is 253 g/mol. The average Bonchev–Trinajstić information content (AvgIpc) is 2.75. The summed E-state index contributed by atoms with van der Waals surface area (Å²) < 4.78 is 6.05. The van der Waals surface area contributed by atoms with Crippen LogP contribution in [0.3, 0.4) is 0 Å². The highest BCUT2D eigenvalue weighted by atomic mass is 35.5. The van der Waals surface area contributed by atoms with Gasteiger partial charge < -0.3 is 10.5 Å². The molecule has 1 aliphatic carbocycles. The maximum Gasteiger partial charge on any atom is 0.141 e. The molecule has 0 spiro atoms. The number of nitrogens with two attached hydrogens (primary N) is 1. The smallest absolute Gasteiger partial charge is 0.141 e. The van der Waals surface area contributed by atoms with Gasteiger partial charge in [-0.2, -0.15) is 0 Å². The summed E-state index contributed by atoms with van der Waals surface area (Å²) in [6.07, 6.45) is 5.95. The molecule has 0 aromatic heterocycles. The first kappa shape index (κ1) is 12.7. The van der Waals surface area contributed by atoms with Crippen LogP contribution in [0.15, 0.2) is 18.2 Å². The van der Waals surface area contributed by atoms with Crippen molar-refractivity contribution in [1.82, 2.24) is 0 Å². The number of benzene rings is 1. The predicted molar refractivity (Wildman–Crippen MR) is 71.7 cm³/mol. The molecule has 1 unspecified atom stereocenters. The Morgan fingerprint density at radius 3 is 2.76 bits per heavy atom. The maximum atomic E-state index is 6.23. The molecule has 0 radical (unpaired) electrons. The standard InChI is InChI=1S/C14H20ClNO/c1-10(16)9-11-5-4-8-13(15)14(11)17-12-6-2-3-7-12/h4-5,8,10,12H,2-3,6-7,9,16H2,1H3. The zero-order chi connectivity index (χ0) is 12.3. The largest absolute Gasteiger partial charge is 0.489 e. The van der Waals surface area contributed by atoms with E-state index in [0.29, 0.717) is 11.1 Å². The van der Waals surface area contributed by atoms with Gasteiger partial charge in [0.15, 0.2) is 0 Å². The van der Waals surface area contributed by atoms with E-state index >= 15 is 0 Å². The normalized spacial score (nSPS) is 18.3. The van der Waals surface area contributed by atoms with Crippen LogP contribution >= 0.6 is 11.6 Å². The Morgan fingerprint density at radius 1 is 1.41 bits per heavy atom. The Labute approximate surface area is 108 Å². The number of rotatable bonds is 4. The molecule has 94 valence electrons. The van der Waals surface area contributed by atoms with E-state index in [1.807, 2.05) is 19.1 Å². The van der Waals surface area contributed by atoms with Gasteiger partial charge in [-0.15, -0.1) is 0 Å². The molecule has 1 fully saturated rings. The lowest BCUT2D eigenvalue weighted by Gasteiger charge is -2.18. The van der Waals surface area contributed by atoms with E-state index in [4.69, 9.17) is 22.1 Å². The summed E-state index contributed by atoms with van der Waals surface area (Å²) in [6, 6.07) is 6.02. The fourth-order valence-electron chi connectivity index (χ4n) is 2.37. The van der Waals surface area contributed by atoms with Gasteiger partial charge in [0.2, 0.25) is 0 Å². The first-order chi connectivity index (χ1) is 8.16. The third-order valence-electron chi connectivity index (χ3n) is 3.18. The van der Waals surface area contributed by atoms with Gasteiger partial charge in [0, 0.05) is 6.04 Å². The van der Waals surface area contributed by atoms with Gasteiger partial charge in [-0.05, 0) is 50.7 Å². The molecule has 0 saturated heterocycles. The van der Waals surface area contributed by atoms with Crippen molar-refractivity contribution < 1.29 is 4.74 Å². The molecule has 2 rings (SSSR count). The van der Waals surface area contributed by atoms with Crippen molar-refractivity contribution in [3.8, 4) is 5.75 Å². The zero-order valence-corrected chi connectivity index (χ0v) is 11.0. The zero-order valence-electron chi connectivity index (χ0n) is 10.3. The molecular formula is C14H20ClNO. The molecule has 0 aliphatic heterocycles. The van der Waals surface area contributed by atoms with Crippen LogP contribution in [-0.2, 0) is 6.42 Å². The number of hydrogen-bond donors (Lipinski definition) is 1. The van der Waals surface area contributed by atoms with Crippen LogP contribution in [0.4, 0.5) is 0 Å². The average molecular weight is 254 g/mol. The lowest BCUT2D eigenvalue weighted by atomic mass is 10.1. The summed E-state index contributed by atoms with van der Waals surface area (Å²) in [5, 5.41) is 0.704. The molecule has 1 saturated carbocycles. The first-order valence-electron chi connectivity index (χ1n) is 6.36. The molecule has 2 N–H and O–H groups in total. The topological polar surface area (TPSA) is 35.2 Å². The molecule has 3 heteroatoms. The molecule has 1 aliphatic rings. The molecule has 1 atom stereocenters. The van der Waals surface area contributed by atoms with Crippen molar-refractivity contribution in [3.05, 3.63) is 28.8 Å². The van der Waals surface area contributed by atoms with Crippen molar-refractivity contribution in [2.24, 2.45) is 5.73 Å². The van der Waals surface area contributed by atoms with E-state index in [9.17, 15) is 0 Å². The van der Waals surface area contributed by atoms with E-state index in [1.165, 1.54) is 12.8 Å². The van der Waals surface area contributed by atoms with E-state index in [0.717, 1.165) is 30.6 Å². The highest BCUT2D eigenvalue weighted by Gasteiger charge is 2.19. The molecular weight excluding hydrogens is 234 g/mol. The third-order valence-corrected chi connectivity index (χ3v) is 3.47. The summed E-state index contributed by atoms with van der Waals surface area (Å²) in [7, 11) is 0. The Morgan fingerprint density at radius 2 is 2.12 bits per heavy atom. The van der Waals surface area contributed by atoms with Crippen LogP contribution in [0.2, 0.25) is 5.02 Å². The molecule has 17 heavy (non-hydrogen) atoms. The van der Waals surface area contributed by atoms with Gasteiger partial charge in [-0.25, -0.2) is 0 Å². The van der Waals surface area contributed by atoms with Crippen molar-refractivity contribution in [2.45, 2.75) is 51.2 Å². The van der Waals surface area contributed by atoms with Gasteiger partial charge in [0.25, 0.3) is 0 Å². The molecule has 0 bridgehead atoms. The van der Waals surface area contributed by atoms with Crippen molar-refractivity contribution >= 4 is 11.6 Å². The van der Waals surface area contributed by atoms with E-state index in [1.54, 1.807) is 0 Å². The lowest BCUT2D eigenvalue weighted by molar-refractivity contribution is 0.208. The van der Waals surface area contributed by atoms with Crippen molar-refractivity contribution in [1.29, 1.82) is 0 Å². The molecule has 1 aromatic carbocycles. The Kier molecular flexibility index (Phi) is 4.30. The van der Waals surface area contributed by atoms with Crippen LogP contribution in [-0.4, -0.2) is 12.1 Å². The second-order valence-electron chi connectivity index (χ2n) is 4.93. The van der Waals surface area contributed by atoms with Crippen LogP contribution in [0, 0.1) is 0 Å². The molecule has 1 aromatic rings. The van der Waals surface area contributed by atoms with Gasteiger partial charge in [0.05, 0.1) is 11.1 Å². The number of hydrogen-bond acceptors (Lipinski definition) is 2. The minimum Gasteiger partial charge on any atom is -0.489 e. The fraction of sp³-hybridized carbons (Fsp3) is 0.571. The Hall–Kier alpha value is -0.730. The third kappa shape index (κ3) is 3.36. The van der Waals surface area contributed by atoms with E-state index in [2.05, 4.69) is 6.07 Å².